The Morgan fingerprint density at radius 2 is 1.92 bits per heavy atom. The molecule has 0 saturated carbocycles. The van der Waals surface area contributed by atoms with E-state index in [0.717, 1.165) is 0 Å². The lowest BCUT2D eigenvalue weighted by Crippen LogP contribution is -2.19. The number of sulfone groups is 1. The molecule has 0 amide bonds. The van der Waals surface area contributed by atoms with E-state index in [9.17, 15) is 22.0 Å². The summed E-state index contributed by atoms with van der Waals surface area (Å²) in [4.78, 5) is 9.89. The van der Waals surface area contributed by atoms with Crippen LogP contribution in [-0.4, -0.2) is 37.4 Å². The van der Waals surface area contributed by atoms with Crippen LogP contribution in [0.4, 0.5) is 8.78 Å². The van der Waals surface area contributed by atoms with Crippen LogP contribution < -0.4 is 0 Å². The van der Waals surface area contributed by atoms with Gasteiger partial charge in [-0.15, -0.1) is 0 Å². The third-order valence-electron chi connectivity index (χ3n) is 0.990. The van der Waals surface area contributed by atoms with Gasteiger partial charge in [-0.25, -0.2) is 17.2 Å². The van der Waals surface area contributed by atoms with Gasteiger partial charge in [0, 0.05) is 6.42 Å². The second-order valence-corrected chi connectivity index (χ2v) is 4.35. The van der Waals surface area contributed by atoms with E-state index in [1.54, 1.807) is 0 Å². The van der Waals surface area contributed by atoms with E-state index in [2.05, 4.69) is 0 Å². The van der Waals surface area contributed by atoms with E-state index in [1.165, 1.54) is 0 Å². The molecule has 0 saturated heterocycles. The molecule has 0 aromatic rings. The predicted octanol–water partition coefficient (Wildman–Crippen LogP) is 0.141. The molecule has 12 heavy (non-hydrogen) atoms. The van der Waals surface area contributed by atoms with Crippen molar-refractivity contribution in [3.63, 3.8) is 0 Å². The van der Waals surface area contributed by atoms with Gasteiger partial charge in [-0.2, -0.15) is 0 Å². The normalized spacial score (nSPS) is 11.9. The van der Waals surface area contributed by atoms with Gasteiger partial charge in [0.15, 0.2) is 9.84 Å². The third-order valence-corrected chi connectivity index (χ3v) is 2.53. The number of hydrogen-bond acceptors (Lipinski definition) is 3. The van der Waals surface area contributed by atoms with Gasteiger partial charge in [-0.05, 0) is 0 Å². The summed E-state index contributed by atoms with van der Waals surface area (Å²) in [5, 5.41) is 8.05. The van der Waals surface area contributed by atoms with Crippen LogP contribution in [0.25, 0.3) is 0 Å². The molecule has 0 bridgehead atoms. The number of carboxylic acids is 1. The van der Waals surface area contributed by atoms with Crippen molar-refractivity contribution < 1.29 is 27.1 Å². The summed E-state index contributed by atoms with van der Waals surface area (Å²) in [6.45, 7) is 0. The maximum atomic E-state index is 11.5. The fraction of sp³-hybridized carbons (Fsp3) is 0.800. The molecule has 0 fully saturated rings. The average Bonchev–Trinajstić information content (AvgIpc) is 1.81. The molecule has 1 N–H and O–H groups in total. The van der Waals surface area contributed by atoms with Crippen molar-refractivity contribution in [1.82, 2.24) is 0 Å². The molecule has 0 aliphatic rings. The largest absolute Gasteiger partial charge is 0.480 e. The lowest BCUT2D eigenvalue weighted by molar-refractivity contribution is -0.134. The Bertz CT molecular complexity index is 246. The van der Waals surface area contributed by atoms with Crippen LogP contribution in [0.1, 0.15) is 6.42 Å². The van der Waals surface area contributed by atoms with E-state index < -0.39 is 40.2 Å². The van der Waals surface area contributed by atoms with Crippen molar-refractivity contribution in [2.24, 2.45) is 0 Å². The predicted molar refractivity (Wildman–Crippen MR) is 36.9 cm³/mol. The fourth-order valence-corrected chi connectivity index (χ4v) is 1.59. The van der Waals surface area contributed by atoms with E-state index >= 15 is 0 Å². The van der Waals surface area contributed by atoms with Crippen molar-refractivity contribution in [1.29, 1.82) is 0 Å². The number of alkyl halides is 2. The van der Waals surface area contributed by atoms with Crippen LogP contribution in [0.15, 0.2) is 0 Å². The molecule has 72 valence electrons. The second-order valence-electron chi connectivity index (χ2n) is 2.17. The molecular formula is C5H8F2O4S. The SMILES string of the molecule is O=C(O)CS(=O)(=O)CCC(F)F. The zero-order chi connectivity index (χ0) is 9.78. The Hall–Kier alpha value is -0.720. The summed E-state index contributed by atoms with van der Waals surface area (Å²) < 4.78 is 44.2. The van der Waals surface area contributed by atoms with E-state index in [4.69, 9.17) is 5.11 Å². The van der Waals surface area contributed by atoms with Gasteiger partial charge in [0.05, 0.1) is 5.75 Å². The summed E-state index contributed by atoms with van der Waals surface area (Å²) in [5.41, 5.74) is 0. The van der Waals surface area contributed by atoms with Gasteiger partial charge in [0.25, 0.3) is 0 Å². The lowest BCUT2D eigenvalue weighted by atomic mass is 10.5. The first-order chi connectivity index (χ1) is 5.33. The molecule has 7 heteroatoms. The van der Waals surface area contributed by atoms with Gasteiger partial charge in [0.1, 0.15) is 5.75 Å². The molecule has 0 atom stereocenters. The van der Waals surface area contributed by atoms with Gasteiger partial charge >= 0.3 is 5.97 Å². The summed E-state index contributed by atoms with van der Waals surface area (Å²) >= 11 is 0. The zero-order valence-electron chi connectivity index (χ0n) is 6.03. The summed E-state index contributed by atoms with van der Waals surface area (Å²) in [6.07, 6.45) is -3.52. The smallest absolute Gasteiger partial charge is 0.318 e. The van der Waals surface area contributed by atoms with Crippen molar-refractivity contribution in [3.8, 4) is 0 Å². The molecule has 0 aromatic carbocycles. The van der Waals surface area contributed by atoms with Crippen LogP contribution in [0.2, 0.25) is 0 Å². The topological polar surface area (TPSA) is 71.4 Å². The fourth-order valence-electron chi connectivity index (χ4n) is 0.529. The maximum absolute atomic E-state index is 11.5. The third kappa shape index (κ3) is 6.02. The molecule has 0 spiro atoms. The Morgan fingerprint density at radius 1 is 1.42 bits per heavy atom. The number of carboxylic acid groups (broad SMARTS) is 1. The quantitative estimate of drug-likeness (QED) is 0.688. The molecular weight excluding hydrogens is 194 g/mol. The van der Waals surface area contributed by atoms with Crippen molar-refractivity contribution >= 4 is 15.8 Å². The molecule has 0 rings (SSSR count). The van der Waals surface area contributed by atoms with Crippen molar-refractivity contribution in [2.75, 3.05) is 11.5 Å². The highest BCUT2D eigenvalue weighted by atomic mass is 32.2. The molecule has 0 heterocycles. The number of carbonyl (C=O) groups is 1. The van der Waals surface area contributed by atoms with E-state index in [0.29, 0.717) is 0 Å². The highest BCUT2D eigenvalue weighted by Crippen LogP contribution is 2.02. The van der Waals surface area contributed by atoms with Gasteiger partial charge in [-0.1, -0.05) is 0 Å². The standard InChI is InChI=1S/C5H8F2O4S/c6-4(7)1-2-12(10,11)3-5(8)9/h4H,1-3H2,(H,8,9). The van der Waals surface area contributed by atoms with Crippen LogP contribution >= 0.6 is 0 Å². The monoisotopic (exact) mass is 202 g/mol. The first-order valence-corrected chi connectivity index (χ1v) is 4.86. The Labute approximate surface area is 68.1 Å². The minimum absolute atomic E-state index is 0.781. The minimum Gasteiger partial charge on any atom is -0.480 e. The zero-order valence-corrected chi connectivity index (χ0v) is 6.85. The Balaban J connectivity index is 3.98. The molecule has 0 radical (unpaired) electrons. The average molecular weight is 202 g/mol. The number of hydrogen-bond donors (Lipinski definition) is 1. The summed E-state index contributed by atoms with van der Waals surface area (Å²) in [7, 11) is -3.86. The highest BCUT2D eigenvalue weighted by molar-refractivity contribution is 7.92. The first kappa shape index (κ1) is 11.3. The molecule has 0 aliphatic heterocycles. The van der Waals surface area contributed by atoms with Crippen molar-refractivity contribution in [3.05, 3.63) is 0 Å². The number of aliphatic carboxylic acids is 1. The maximum Gasteiger partial charge on any atom is 0.318 e. The van der Waals surface area contributed by atoms with E-state index in [-0.39, 0.29) is 0 Å². The number of halogens is 2. The second kappa shape index (κ2) is 4.34. The van der Waals surface area contributed by atoms with Crippen LogP contribution in [0.5, 0.6) is 0 Å². The number of rotatable bonds is 5. The first-order valence-electron chi connectivity index (χ1n) is 3.04. The summed E-state index contributed by atoms with van der Waals surface area (Å²) in [5.74, 6) is -3.39. The van der Waals surface area contributed by atoms with Gasteiger partial charge in [0.2, 0.25) is 6.43 Å². The van der Waals surface area contributed by atoms with Crippen LogP contribution in [0.3, 0.4) is 0 Å². The van der Waals surface area contributed by atoms with Gasteiger partial charge < -0.3 is 5.11 Å². The van der Waals surface area contributed by atoms with Crippen molar-refractivity contribution in [2.45, 2.75) is 12.8 Å². The molecule has 0 aliphatic carbocycles. The van der Waals surface area contributed by atoms with Crippen LogP contribution in [-0.2, 0) is 14.6 Å². The summed E-state index contributed by atoms with van der Waals surface area (Å²) in [6, 6.07) is 0. The Morgan fingerprint density at radius 3 is 2.25 bits per heavy atom. The van der Waals surface area contributed by atoms with E-state index in [1.807, 2.05) is 0 Å². The molecule has 0 aromatic heterocycles. The van der Waals surface area contributed by atoms with Gasteiger partial charge in [-0.3, -0.25) is 4.79 Å². The minimum atomic E-state index is -3.86. The highest BCUT2D eigenvalue weighted by Gasteiger charge is 2.17. The lowest BCUT2D eigenvalue weighted by Gasteiger charge is -1.99. The Kier molecular flexibility index (Phi) is 4.08. The molecule has 4 nitrogen and oxygen atoms in total. The molecule has 0 unspecified atom stereocenters. The van der Waals surface area contributed by atoms with Crippen LogP contribution in [0, 0.1) is 0 Å².